The molecule has 0 aliphatic carbocycles. The van der Waals surface area contributed by atoms with E-state index in [4.69, 9.17) is 4.98 Å². The molecule has 1 unspecified atom stereocenters. The number of rotatable bonds is 7. The summed E-state index contributed by atoms with van der Waals surface area (Å²) in [6.45, 7) is 8.31. The molecule has 192 valence electrons. The van der Waals surface area contributed by atoms with Gasteiger partial charge in [-0.05, 0) is 53.5 Å². The van der Waals surface area contributed by atoms with Crippen molar-refractivity contribution in [3.05, 3.63) is 42.2 Å². The fourth-order valence-corrected chi connectivity index (χ4v) is 5.81. The van der Waals surface area contributed by atoms with Gasteiger partial charge in [0.1, 0.15) is 11.6 Å². The lowest BCUT2D eigenvalue weighted by atomic mass is 9.93. The Morgan fingerprint density at radius 3 is 2.64 bits per heavy atom. The summed E-state index contributed by atoms with van der Waals surface area (Å²) in [6.07, 6.45) is 6.12. The number of nitrogens with one attached hydrogen (secondary N) is 1. The molecule has 2 fully saturated rings. The minimum absolute atomic E-state index is 0.315. The van der Waals surface area contributed by atoms with Crippen molar-refractivity contribution in [2.75, 3.05) is 53.3 Å². The second-order valence-corrected chi connectivity index (χ2v) is 11.3. The van der Waals surface area contributed by atoms with Crippen molar-refractivity contribution in [3.8, 4) is 0 Å². The first-order valence-electron chi connectivity index (χ1n) is 12.6. The third-order valence-electron chi connectivity index (χ3n) is 7.37. The summed E-state index contributed by atoms with van der Waals surface area (Å²) >= 11 is 1.91. The van der Waals surface area contributed by atoms with Crippen LogP contribution in [0.15, 0.2) is 36.7 Å². The normalized spacial score (nSPS) is 20.1. The van der Waals surface area contributed by atoms with Gasteiger partial charge in [-0.2, -0.15) is 16.7 Å². The summed E-state index contributed by atoms with van der Waals surface area (Å²) in [7, 11) is 0. The Balaban J connectivity index is 1.40. The van der Waals surface area contributed by atoms with Gasteiger partial charge in [-0.1, -0.05) is 26.8 Å². The largest absolute Gasteiger partial charge is 0.370 e. The molecule has 0 amide bonds. The number of halogens is 2. The third kappa shape index (κ3) is 4.94. The van der Waals surface area contributed by atoms with Crippen LogP contribution in [0, 0.1) is 11.8 Å². The van der Waals surface area contributed by atoms with Gasteiger partial charge in [-0.25, -0.2) is 18.7 Å². The van der Waals surface area contributed by atoms with Crippen molar-refractivity contribution >= 4 is 45.8 Å². The van der Waals surface area contributed by atoms with E-state index in [0.29, 0.717) is 36.5 Å². The van der Waals surface area contributed by atoms with Crippen molar-refractivity contribution in [1.82, 2.24) is 15.0 Å². The maximum atomic E-state index is 14.3. The van der Waals surface area contributed by atoms with Crippen LogP contribution in [0.1, 0.15) is 38.7 Å². The quantitative estimate of drug-likeness (QED) is 0.406. The highest BCUT2D eigenvalue weighted by atomic mass is 32.2. The molecule has 0 radical (unpaired) electrons. The molecule has 5 rings (SSSR count). The molecule has 9 heteroatoms. The predicted molar refractivity (Wildman–Crippen MR) is 146 cm³/mol. The van der Waals surface area contributed by atoms with Crippen LogP contribution < -0.4 is 15.1 Å². The standard InChI is InChI=1S/C27H34F2N6S/c1-17(2)20-5-6-23(35-13-19(14-35)15-36-4)22-12-31-25(11-21(20)22)32-24-7-9-30-26(33-24)34-10-8-18(3)27(28,29)16-34/h5-7,9,11-12,17-19H,8,10,13-16H2,1-4H3,(H,30,31,32,33). The minimum atomic E-state index is -2.75. The Morgan fingerprint density at radius 2 is 1.92 bits per heavy atom. The highest BCUT2D eigenvalue weighted by Crippen LogP contribution is 2.38. The van der Waals surface area contributed by atoms with Crippen molar-refractivity contribution in [2.45, 2.75) is 39.0 Å². The number of nitrogens with zero attached hydrogens (tertiary/aromatic N) is 5. The molecule has 36 heavy (non-hydrogen) atoms. The Labute approximate surface area is 215 Å². The van der Waals surface area contributed by atoms with Crippen LogP contribution >= 0.6 is 11.8 Å². The average molecular weight is 513 g/mol. The SMILES string of the molecule is CSCC1CN(c2ccc(C(C)C)c3cc(Nc4ccnc(N5CCC(C)C(F)(F)C5)n4)ncc23)C1. The van der Waals surface area contributed by atoms with Crippen LogP contribution in [-0.2, 0) is 0 Å². The molecule has 1 atom stereocenters. The van der Waals surface area contributed by atoms with E-state index >= 15 is 0 Å². The van der Waals surface area contributed by atoms with Crippen LogP contribution in [0.4, 0.5) is 32.1 Å². The highest BCUT2D eigenvalue weighted by molar-refractivity contribution is 7.98. The first-order valence-corrected chi connectivity index (χ1v) is 14.0. The maximum absolute atomic E-state index is 14.3. The summed E-state index contributed by atoms with van der Waals surface area (Å²) < 4.78 is 28.6. The fraction of sp³-hybridized carbons (Fsp3) is 0.519. The number of aromatic nitrogens is 3. The van der Waals surface area contributed by atoms with Crippen LogP contribution in [0.3, 0.4) is 0 Å². The molecule has 1 N–H and O–H groups in total. The minimum Gasteiger partial charge on any atom is -0.370 e. The molecule has 1 aromatic carbocycles. The number of benzene rings is 1. The average Bonchev–Trinajstić information content (AvgIpc) is 2.82. The van der Waals surface area contributed by atoms with E-state index in [0.717, 1.165) is 24.4 Å². The van der Waals surface area contributed by atoms with E-state index in [2.05, 4.69) is 58.5 Å². The number of alkyl halides is 2. The summed E-state index contributed by atoms with van der Waals surface area (Å²) in [5.74, 6) is 0.447. The predicted octanol–water partition coefficient (Wildman–Crippen LogP) is 6.17. The number of pyridine rings is 1. The molecule has 2 aliphatic rings. The molecular formula is C27H34F2N6S. The van der Waals surface area contributed by atoms with Gasteiger partial charge in [0.05, 0.1) is 6.54 Å². The lowest BCUT2D eigenvalue weighted by molar-refractivity contribution is -0.0575. The Bertz CT molecular complexity index is 1230. The van der Waals surface area contributed by atoms with Crippen molar-refractivity contribution in [2.24, 2.45) is 11.8 Å². The van der Waals surface area contributed by atoms with Gasteiger partial charge >= 0.3 is 0 Å². The van der Waals surface area contributed by atoms with E-state index < -0.39 is 11.8 Å². The van der Waals surface area contributed by atoms with Gasteiger partial charge in [0.2, 0.25) is 5.95 Å². The molecule has 4 heterocycles. The maximum Gasteiger partial charge on any atom is 0.267 e. The summed E-state index contributed by atoms with van der Waals surface area (Å²) in [4.78, 5) is 17.5. The van der Waals surface area contributed by atoms with E-state index in [1.54, 1.807) is 24.1 Å². The lowest BCUT2D eigenvalue weighted by Gasteiger charge is -2.41. The van der Waals surface area contributed by atoms with Crippen LogP contribution in [-0.4, -0.2) is 59.1 Å². The first-order chi connectivity index (χ1) is 17.2. The first kappa shape index (κ1) is 25.0. The van der Waals surface area contributed by atoms with Gasteiger partial charge in [0, 0.05) is 54.9 Å². The Kier molecular flexibility index (Phi) is 6.94. The number of hydrogen-bond acceptors (Lipinski definition) is 7. The van der Waals surface area contributed by atoms with Crippen molar-refractivity contribution in [3.63, 3.8) is 0 Å². The number of anilines is 4. The van der Waals surface area contributed by atoms with E-state index in [1.165, 1.54) is 22.4 Å². The summed E-state index contributed by atoms with van der Waals surface area (Å²) in [5.41, 5.74) is 2.50. The molecule has 6 nitrogen and oxygen atoms in total. The Morgan fingerprint density at radius 1 is 1.11 bits per heavy atom. The number of thioether (sulfide) groups is 1. The van der Waals surface area contributed by atoms with E-state index in [1.807, 2.05) is 18.0 Å². The third-order valence-corrected chi connectivity index (χ3v) is 8.18. The molecular weight excluding hydrogens is 478 g/mol. The zero-order valence-electron chi connectivity index (χ0n) is 21.3. The Hall–Kier alpha value is -2.68. The molecule has 2 aromatic heterocycles. The fourth-order valence-electron chi connectivity index (χ4n) is 5.12. The molecule has 0 spiro atoms. The zero-order chi connectivity index (χ0) is 25.4. The molecule has 2 aliphatic heterocycles. The van der Waals surface area contributed by atoms with Crippen LogP contribution in [0.25, 0.3) is 10.8 Å². The molecule has 0 saturated carbocycles. The van der Waals surface area contributed by atoms with Gasteiger partial charge in [-0.3, -0.25) is 0 Å². The molecule has 2 saturated heterocycles. The van der Waals surface area contributed by atoms with E-state index in [-0.39, 0.29) is 6.54 Å². The van der Waals surface area contributed by atoms with Crippen molar-refractivity contribution in [1.29, 1.82) is 0 Å². The molecule has 0 bridgehead atoms. The van der Waals surface area contributed by atoms with Gasteiger partial charge < -0.3 is 15.1 Å². The molecule has 3 aromatic rings. The number of piperidine rings is 1. The number of hydrogen-bond donors (Lipinski definition) is 1. The zero-order valence-corrected chi connectivity index (χ0v) is 22.2. The van der Waals surface area contributed by atoms with Gasteiger partial charge in [0.25, 0.3) is 5.92 Å². The topological polar surface area (TPSA) is 57.2 Å². The second-order valence-electron chi connectivity index (χ2n) is 10.4. The second kappa shape index (κ2) is 10.00. The van der Waals surface area contributed by atoms with Crippen LogP contribution in [0.2, 0.25) is 0 Å². The van der Waals surface area contributed by atoms with E-state index in [9.17, 15) is 8.78 Å². The van der Waals surface area contributed by atoms with Crippen molar-refractivity contribution < 1.29 is 8.78 Å². The van der Waals surface area contributed by atoms with Crippen LogP contribution in [0.5, 0.6) is 0 Å². The summed E-state index contributed by atoms with van der Waals surface area (Å²) in [5, 5.41) is 5.61. The van der Waals surface area contributed by atoms with Gasteiger partial charge in [-0.15, -0.1) is 0 Å². The smallest absolute Gasteiger partial charge is 0.267 e. The summed E-state index contributed by atoms with van der Waals surface area (Å²) in [6, 6.07) is 8.28. The lowest BCUT2D eigenvalue weighted by Crippen LogP contribution is -2.48. The van der Waals surface area contributed by atoms with Gasteiger partial charge in [0.15, 0.2) is 0 Å². The number of fused-ring (bicyclic) bond motifs is 1. The monoisotopic (exact) mass is 512 g/mol. The highest BCUT2D eigenvalue weighted by Gasteiger charge is 2.42.